The van der Waals surface area contributed by atoms with E-state index in [1.54, 1.807) is 13.8 Å². The van der Waals surface area contributed by atoms with Gasteiger partial charge in [0.25, 0.3) is 0 Å². The molecule has 3 aromatic carbocycles. The zero-order chi connectivity index (χ0) is 20.4. The highest BCUT2D eigenvalue weighted by atomic mass is 32.2. The van der Waals surface area contributed by atoms with Crippen LogP contribution < -0.4 is 4.72 Å². The third kappa shape index (κ3) is 4.13. The van der Waals surface area contributed by atoms with E-state index in [0.29, 0.717) is 5.69 Å². The molecule has 0 saturated heterocycles. The molecule has 0 atom stereocenters. The molecule has 0 aromatic heterocycles. The Morgan fingerprint density at radius 3 is 1.83 bits per heavy atom. The lowest BCUT2D eigenvalue weighted by molar-refractivity contribution is 0.593. The van der Waals surface area contributed by atoms with Gasteiger partial charge in [-0.05, 0) is 78.3 Å². The molecule has 1 aliphatic carbocycles. The van der Waals surface area contributed by atoms with E-state index in [1.165, 1.54) is 27.8 Å². The Hall–Kier alpha value is -2.85. The number of nitrogens with one attached hydrogen (secondary N) is 1. The zero-order valence-electron chi connectivity index (χ0n) is 16.7. The highest BCUT2D eigenvalue weighted by Gasteiger charge is 2.18. The highest BCUT2D eigenvalue weighted by molar-refractivity contribution is 7.93. The number of anilines is 1. The van der Waals surface area contributed by atoms with E-state index in [-0.39, 0.29) is 0 Å². The maximum atomic E-state index is 12.1. The minimum absolute atomic E-state index is 0.469. The van der Waals surface area contributed by atoms with Gasteiger partial charge in [0.05, 0.1) is 5.25 Å². The summed E-state index contributed by atoms with van der Waals surface area (Å²) in [5.41, 5.74) is 8.09. The molecule has 1 aliphatic rings. The van der Waals surface area contributed by atoms with Gasteiger partial charge in [0.2, 0.25) is 10.0 Å². The van der Waals surface area contributed by atoms with Crippen molar-refractivity contribution in [3.8, 4) is 0 Å². The second kappa shape index (κ2) is 7.88. The Balaban J connectivity index is 1.75. The highest BCUT2D eigenvalue weighted by Crippen LogP contribution is 2.35. The number of aryl methyl sites for hydroxylation is 2. The van der Waals surface area contributed by atoms with Crippen molar-refractivity contribution in [2.45, 2.75) is 31.9 Å². The summed E-state index contributed by atoms with van der Waals surface area (Å²) in [5.74, 6) is 0. The summed E-state index contributed by atoms with van der Waals surface area (Å²) in [6, 6.07) is 24.7. The van der Waals surface area contributed by atoms with Gasteiger partial charge in [-0.3, -0.25) is 4.72 Å². The molecule has 4 heteroatoms. The standard InChI is InChI=1S/C25H25NO2S/c1-18(2)29(27,28)26-22-15-11-19(12-16-22)17-25-23-9-5-3-7-20(23)13-14-21-8-4-6-10-24(21)25/h3-12,15-18,26H,13-14H2,1-2H3. The number of benzene rings is 3. The van der Waals surface area contributed by atoms with E-state index < -0.39 is 15.3 Å². The number of rotatable bonds is 4. The maximum Gasteiger partial charge on any atom is 0.235 e. The molecule has 4 rings (SSSR count). The molecule has 0 bridgehead atoms. The van der Waals surface area contributed by atoms with Gasteiger partial charge in [-0.2, -0.15) is 0 Å². The topological polar surface area (TPSA) is 46.2 Å². The molecule has 0 amide bonds. The van der Waals surface area contributed by atoms with Crippen LogP contribution in [0.15, 0.2) is 72.8 Å². The first-order valence-corrected chi connectivity index (χ1v) is 11.5. The minimum Gasteiger partial charge on any atom is -0.283 e. The lowest BCUT2D eigenvalue weighted by Gasteiger charge is -2.13. The molecule has 1 N–H and O–H groups in total. The average Bonchev–Trinajstić information content (AvgIpc) is 2.87. The third-order valence-corrected chi connectivity index (χ3v) is 7.14. The van der Waals surface area contributed by atoms with Crippen LogP contribution in [-0.2, 0) is 22.9 Å². The van der Waals surface area contributed by atoms with E-state index in [9.17, 15) is 8.42 Å². The molecular weight excluding hydrogens is 378 g/mol. The quantitative estimate of drug-likeness (QED) is 0.623. The van der Waals surface area contributed by atoms with Gasteiger partial charge in [0, 0.05) is 5.69 Å². The van der Waals surface area contributed by atoms with E-state index in [4.69, 9.17) is 0 Å². The molecule has 3 nitrogen and oxygen atoms in total. The van der Waals surface area contributed by atoms with Crippen molar-refractivity contribution in [3.05, 3.63) is 101 Å². The lowest BCUT2D eigenvalue weighted by Crippen LogP contribution is -2.22. The fraction of sp³-hybridized carbons (Fsp3) is 0.200. The maximum absolute atomic E-state index is 12.1. The van der Waals surface area contributed by atoms with Crippen LogP contribution in [0.4, 0.5) is 5.69 Å². The SMILES string of the molecule is CC(C)S(=O)(=O)Nc1ccc(C=C2c3ccccc3CCc3ccccc32)cc1. The van der Waals surface area contributed by atoms with Gasteiger partial charge in [-0.25, -0.2) is 8.42 Å². The van der Waals surface area contributed by atoms with Crippen LogP contribution in [-0.4, -0.2) is 13.7 Å². The Morgan fingerprint density at radius 2 is 1.31 bits per heavy atom. The van der Waals surface area contributed by atoms with Crippen LogP contribution in [0.1, 0.15) is 41.7 Å². The fourth-order valence-electron chi connectivity index (χ4n) is 3.67. The third-order valence-electron chi connectivity index (χ3n) is 5.38. The summed E-state index contributed by atoms with van der Waals surface area (Å²) in [5, 5.41) is -0.469. The minimum atomic E-state index is -3.34. The molecule has 148 valence electrons. The van der Waals surface area contributed by atoms with E-state index in [0.717, 1.165) is 18.4 Å². The van der Waals surface area contributed by atoms with Gasteiger partial charge in [-0.15, -0.1) is 0 Å². The largest absolute Gasteiger partial charge is 0.283 e. The second-order valence-electron chi connectivity index (χ2n) is 7.69. The Labute approximate surface area is 173 Å². The van der Waals surface area contributed by atoms with Crippen molar-refractivity contribution in [2.75, 3.05) is 4.72 Å². The van der Waals surface area contributed by atoms with Crippen molar-refractivity contribution >= 4 is 27.4 Å². The van der Waals surface area contributed by atoms with Crippen molar-refractivity contribution < 1.29 is 8.42 Å². The van der Waals surface area contributed by atoms with Crippen molar-refractivity contribution in [1.29, 1.82) is 0 Å². The summed E-state index contributed by atoms with van der Waals surface area (Å²) < 4.78 is 26.8. The normalized spacial score (nSPS) is 13.4. The van der Waals surface area contributed by atoms with Crippen LogP contribution in [0.2, 0.25) is 0 Å². The number of hydrogen-bond donors (Lipinski definition) is 1. The summed E-state index contributed by atoms with van der Waals surface area (Å²) in [6.45, 7) is 3.34. The number of sulfonamides is 1. The van der Waals surface area contributed by atoms with Gasteiger partial charge < -0.3 is 0 Å². The summed E-state index contributed by atoms with van der Waals surface area (Å²) >= 11 is 0. The van der Waals surface area contributed by atoms with Gasteiger partial charge in [0.15, 0.2) is 0 Å². The van der Waals surface area contributed by atoms with Gasteiger partial charge in [0.1, 0.15) is 0 Å². The van der Waals surface area contributed by atoms with Crippen molar-refractivity contribution in [1.82, 2.24) is 0 Å². The first-order chi connectivity index (χ1) is 13.9. The first-order valence-electron chi connectivity index (χ1n) is 9.94. The van der Waals surface area contributed by atoms with Crippen molar-refractivity contribution in [3.63, 3.8) is 0 Å². The fourth-order valence-corrected chi connectivity index (χ4v) is 4.37. The Kier molecular flexibility index (Phi) is 5.29. The Morgan fingerprint density at radius 1 is 0.793 bits per heavy atom. The first kappa shape index (κ1) is 19.5. The molecule has 0 fully saturated rings. The van der Waals surface area contributed by atoms with Crippen LogP contribution in [0.25, 0.3) is 11.6 Å². The van der Waals surface area contributed by atoms with Crippen molar-refractivity contribution in [2.24, 2.45) is 0 Å². The monoisotopic (exact) mass is 403 g/mol. The molecule has 0 heterocycles. The molecular formula is C25H25NO2S. The number of fused-ring (bicyclic) bond motifs is 2. The van der Waals surface area contributed by atoms with E-state index in [1.807, 2.05) is 24.3 Å². The summed E-state index contributed by atoms with van der Waals surface area (Å²) in [4.78, 5) is 0. The van der Waals surface area contributed by atoms with Crippen LogP contribution in [0.3, 0.4) is 0 Å². The predicted molar refractivity (Wildman–Crippen MR) is 121 cm³/mol. The molecule has 0 unspecified atom stereocenters. The van der Waals surface area contributed by atoms with E-state index in [2.05, 4.69) is 59.3 Å². The van der Waals surface area contributed by atoms with Gasteiger partial charge >= 0.3 is 0 Å². The average molecular weight is 404 g/mol. The van der Waals surface area contributed by atoms with Crippen LogP contribution in [0, 0.1) is 0 Å². The Bertz CT molecular complexity index is 1110. The smallest absolute Gasteiger partial charge is 0.235 e. The zero-order valence-corrected chi connectivity index (χ0v) is 17.5. The molecule has 29 heavy (non-hydrogen) atoms. The summed E-state index contributed by atoms with van der Waals surface area (Å²) in [6.07, 6.45) is 4.25. The summed E-state index contributed by atoms with van der Waals surface area (Å²) in [7, 11) is -3.34. The second-order valence-corrected chi connectivity index (χ2v) is 9.93. The molecule has 0 aliphatic heterocycles. The number of hydrogen-bond acceptors (Lipinski definition) is 2. The lowest BCUT2D eigenvalue weighted by atomic mass is 9.92. The molecule has 0 radical (unpaired) electrons. The van der Waals surface area contributed by atoms with Crippen LogP contribution in [0.5, 0.6) is 0 Å². The van der Waals surface area contributed by atoms with Crippen LogP contribution >= 0.6 is 0 Å². The molecule has 3 aromatic rings. The molecule has 0 spiro atoms. The predicted octanol–water partition coefficient (Wildman–Crippen LogP) is 5.52. The van der Waals surface area contributed by atoms with Gasteiger partial charge in [-0.1, -0.05) is 60.7 Å². The molecule has 0 saturated carbocycles. The van der Waals surface area contributed by atoms with E-state index >= 15 is 0 Å².